The van der Waals surface area contributed by atoms with Gasteiger partial charge in [-0.3, -0.25) is 9.59 Å². The molecule has 1 amide bonds. The third-order valence-electron chi connectivity index (χ3n) is 4.76. The molecule has 4 nitrogen and oxygen atoms in total. The molecule has 0 bridgehead atoms. The Balaban J connectivity index is 1.99. The first kappa shape index (κ1) is 13.4. The van der Waals surface area contributed by atoms with Crippen LogP contribution in [0.3, 0.4) is 0 Å². The van der Waals surface area contributed by atoms with Crippen LogP contribution in [0.2, 0.25) is 0 Å². The van der Waals surface area contributed by atoms with E-state index in [1.165, 1.54) is 19.3 Å². The summed E-state index contributed by atoms with van der Waals surface area (Å²) in [4.78, 5) is 25.4. The number of nitrogens with zero attached hydrogens (tertiary/aromatic N) is 1. The number of hydrogen-bond donors (Lipinski definition) is 1. The number of aliphatic carboxylic acids is 1. The van der Waals surface area contributed by atoms with E-state index in [-0.39, 0.29) is 17.2 Å². The van der Waals surface area contributed by atoms with Crippen molar-refractivity contribution in [3.8, 4) is 0 Å². The van der Waals surface area contributed by atoms with Gasteiger partial charge in [-0.25, -0.2) is 0 Å². The Labute approximate surface area is 108 Å². The number of carboxylic acids is 1. The fraction of sp³-hybridized carbons (Fsp3) is 0.857. The largest absolute Gasteiger partial charge is 0.481 e. The summed E-state index contributed by atoms with van der Waals surface area (Å²) in [6.45, 7) is 7.24. The summed E-state index contributed by atoms with van der Waals surface area (Å²) >= 11 is 0. The van der Waals surface area contributed by atoms with E-state index in [9.17, 15) is 9.59 Å². The number of carbonyl (C=O) groups excluding carboxylic acids is 1. The third kappa shape index (κ3) is 2.13. The van der Waals surface area contributed by atoms with Crippen molar-refractivity contribution in [3.63, 3.8) is 0 Å². The summed E-state index contributed by atoms with van der Waals surface area (Å²) in [6, 6.07) is 0. The quantitative estimate of drug-likeness (QED) is 0.815. The van der Waals surface area contributed by atoms with Crippen molar-refractivity contribution in [2.75, 3.05) is 13.1 Å². The van der Waals surface area contributed by atoms with E-state index < -0.39 is 11.9 Å². The number of carboxylic acid groups (broad SMARTS) is 1. The summed E-state index contributed by atoms with van der Waals surface area (Å²) in [5.41, 5.74) is -0.379. The first-order chi connectivity index (χ1) is 8.39. The van der Waals surface area contributed by atoms with Crippen molar-refractivity contribution in [1.29, 1.82) is 0 Å². The Morgan fingerprint density at radius 1 is 1.28 bits per heavy atom. The van der Waals surface area contributed by atoms with Crippen LogP contribution < -0.4 is 0 Å². The molecule has 2 aliphatic rings. The molecular formula is C14H23NO3. The summed E-state index contributed by atoms with van der Waals surface area (Å²) < 4.78 is 0. The van der Waals surface area contributed by atoms with Crippen molar-refractivity contribution in [1.82, 2.24) is 4.90 Å². The van der Waals surface area contributed by atoms with E-state index in [1.54, 1.807) is 0 Å². The second-order valence-corrected chi connectivity index (χ2v) is 6.29. The number of amides is 1. The maximum absolute atomic E-state index is 12.4. The highest BCUT2D eigenvalue weighted by atomic mass is 16.4. The molecule has 2 saturated carbocycles. The lowest BCUT2D eigenvalue weighted by molar-refractivity contribution is -0.142. The van der Waals surface area contributed by atoms with E-state index >= 15 is 0 Å². The lowest BCUT2D eigenvalue weighted by Gasteiger charge is -2.32. The fourth-order valence-electron chi connectivity index (χ4n) is 3.12. The molecule has 0 heterocycles. The van der Waals surface area contributed by atoms with Gasteiger partial charge in [0, 0.05) is 13.1 Å². The lowest BCUT2D eigenvalue weighted by atomic mass is 9.85. The molecule has 1 N–H and O–H groups in total. The van der Waals surface area contributed by atoms with Crippen molar-refractivity contribution in [3.05, 3.63) is 0 Å². The monoisotopic (exact) mass is 253 g/mol. The minimum Gasteiger partial charge on any atom is -0.481 e. The number of carbonyl (C=O) groups is 2. The van der Waals surface area contributed by atoms with Crippen LogP contribution >= 0.6 is 0 Å². The molecule has 102 valence electrons. The molecule has 0 aromatic carbocycles. The van der Waals surface area contributed by atoms with E-state index in [0.717, 1.165) is 6.54 Å². The minimum atomic E-state index is -0.835. The maximum Gasteiger partial charge on any atom is 0.307 e. The molecular weight excluding hydrogens is 230 g/mol. The average Bonchev–Trinajstić information content (AvgIpc) is 2.79. The second kappa shape index (κ2) is 4.56. The van der Waals surface area contributed by atoms with Gasteiger partial charge in [0.2, 0.25) is 5.91 Å². The summed E-state index contributed by atoms with van der Waals surface area (Å²) in [7, 11) is 0. The van der Waals surface area contributed by atoms with Gasteiger partial charge in [0.15, 0.2) is 0 Å². The summed E-state index contributed by atoms with van der Waals surface area (Å²) in [5, 5.41) is 9.13. The van der Waals surface area contributed by atoms with Gasteiger partial charge in [-0.15, -0.1) is 0 Å². The first-order valence-electron chi connectivity index (χ1n) is 6.91. The van der Waals surface area contributed by atoms with E-state index in [0.29, 0.717) is 12.5 Å². The maximum atomic E-state index is 12.4. The Morgan fingerprint density at radius 2 is 1.89 bits per heavy atom. The zero-order chi connectivity index (χ0) is 13.5. The highest BCUT2D eigenvalue weighted by Crippen LogP contribution is 2.59. The predicted molar refractivity (Wildman–Crippen MR) is 68.0 cm³/mol. The van der Waals surface area contributed by atoms with Gasteiger partial charge >= 0.3 is 5.97 Å². The topological polar surface area (TPSA) is 57.6 Å². The Bertz CT molecular complexity index is 360. The smallest absolute Gasteiger partial charge is 0.307 e. The first-order valence-corrected chi connectivity index (χ1v) is 6.91. The molecule has 2 aliphatic carbocycles. The molecule has 0 aromatic heterocycles. The van der Waals surface area contributed by atoms with Gasteiger partial charge in [-0.1, -0.05) is 20.3 Å². The zero-order valence-electron chi connectivity index (χ0n) is 11.5. The Hall–Kier alpha value is -1.06. The van der Waals surface area contributed by atoms with Crippen LogP contribution in [0.5, 0.6) is 0 Å². The van der Waals surface area contributed by atoms with Crippen molar-refractivity contribution in [2.24, 2.45) is 23.2 Å². The van der Waals surface area contributed by atoms with E-state index in [1.807, 2.05) is 25.7 Å². The summed E-state index contributed by atoms with van der Waals surface area (Å²) in [6.07, 6.45) is 3.68. The zero-order valence-corrected chi connectivity index (χ0v) is 11.5. The van der Waals surface area contributed by atoms with Gasteiger partial charge in [-0.2, -0.15) is 0 Å². The molecule has 4 heteroatoms. The molecule has 0 saturated heterocycles. The standard InChI is InChI=1S/C14H23NO3/c1-4-15(8-9-6-5-7-9)12(16)10-11(13(17)18)14(10,2)3/h9-11H,4-8H2,1-3H3,(H,17,18)/t10-,11+/m1/s1. The Kier molecular flexibility index (Phi) is 3.39. The molecule has 2 rings (SSSR count). The van der Waals surface area contributed by atoms with Crippen molar-refractivity contribution in [2.45, 2.75) is 40.0 Å². The van der Waals surface area contributed by atoms with Crippen molar-refractivity contribution < 1.29 is 14.7 Å². The predicted octanol–water partition coefficient (Wildman–Crippen LogP) is 1.99. The second-order valence-electron chi connectivity index (χ2n) is 6.29. The van der Waals surface area contributed by atoms with Crippen LogP contribution in [0.4, 0.5) is 0 Å². The van der Waals surface area contributed by atoms with Gasteiger partial charge in [0.1, 0.15) is 0 Å². The van der Waals surface area contributed by atoms with Crippen molar-refractivity contribution >= 4 is 11.9 Å². The SMILES string of the molecule is CCN(CC1CCC1)C(=O)[C@H]1[C@@H](C(=O)O)C1(C)C. The van der Waals surface area contributed by atoms with Crippen LogP contribution in [0.15, 0.2) is 0 Å². The molecule has 18 heavy (non-hydrogen) atoms. The highest BCUT2D eigenvalue weighted by molar-refractivity contribution is 5.91. The molecule has 2 fully saturated rings. The lowest BCUT2D eigenvalue weighted by Crippen LogP contribution is -2.39. The van der Waals surface area contributed by atoms with E-state index in [2.05, 4.69) is 0 Å². The molecule has 0 radical (unpaired) electrons. The molecule has 0 spiro atoms. The van der Waals surface area contributed by atoms with Gasteiger partial charge in [0.05, 0.1) is 11.8 Å². The van der Waals surface area contributed by atoms with Crippen LogP contribution in [0, 0.1) is 23.2 Å². The van der Waals surface area contributed by atoms with Gasteiger partial charge in [0.25, 0.3) is 0 Å². The van der Waals surface area contributed by atoms with Crippen LogP contribution in [0.1, 0.15) is 40.0 Å². The minimum absolute atomic E-state index is 0.0433. The molecule has 0 aliphatic heterocycles. The van der Waals surface area contributed by atoms with Crippen LogP contribution in [-0.2, 0) is 9.59 Å². The third-order valence-corrected chi connectivity index (χ3v) is 4.76. The normalized spacial score (nSPS) is 29.5. The molecule has 2 atom stereocenters. The average molecular weight is 253 g/mol. The summed E-state index contributed by atoms with van der Waals surface area (Å²) in [5.74, 6) is -0.977. The number of rotatable bonds is 5. The van der Waals surface area contributed by atoms with E-state index in [4.69, 9.17) is 5.11 Å². The molecule has 0 unspecified atom stereocenters. The van der Waals surface area contributed by atoms with Crippen LogP contribution in [-0.4, -0.2) is 35.0 Å². The van der Waals surface area contributed by atoms with Crippen LogP contribution in [0.25, 0.3) is 0 Å². The fourth-order valence-corrected chi connectivity index (χ4v) is 3.12. The van der Waals surface area contributed by atoms with Gasteiger partial charge in [-0.05, 0) is 31.1 Å². The number of hydrogen-bond acceptors (Lipinski definition) is 2. The highest BCUT2D eigenvalue weighted by Gasteiger charge is 2.66. The van der Waals surface area contributed by atoms with Gasteiger partial charge < -0.3 is 10.0 Å². The molecule has 0 aromatic rings. The Morgan fingerprint density at radius 3 is 2.22 bits per heavy atom.